The Morgan fingerprint density at radius 2 is 1.68 bits per heavy atom. The van der Waals surface area contributed by atoms with E-state index in [1.807, 2.05) is 18.2 Å². The molecule has 2 aromatic carbocycles. The maximum absolute atomic E-state index is 12.5. The van der Waals surface area contributed by atoms with Crippen LogP contribution in [0.15, 0.2) is 54.6 Å². The minimum atomic E-state index is -0.213. The van der Waals surface area contributed by atoms with Crippen molar-refractivity contribution in [2.75, 3.05) is 5.73 Å². The predicted molar refractivity (Wildman–Crippen MR) is 86.4 cm³/mol. The number of hydrogen-bond acceptors (Lipinski definition) is 4. The second kappa shape index (κ2) is 4.43. The van der Waals surface area contributed by atoms with E-state index in [0.29, 0.717) is 28.0 Å². The number of nitrogen functional groups attached to an aromatic ring is 1. The highest BCUT2D eigenvalue weighted by atomic mass is 16.3. The van der Waals surface area contributed by atoms with Crippen molar-refractivity contribution in [3.63, 3.8) is 0 Å². The molecule has 106 valence electrons. The van der Waals surface area contributed by atoms with Crippen molar-refractivity contribution in [2.45, 2.75) is 0 Å². The lowest BCUT2D eigenvalue weighted by Crippen LogP contribution is -2.01. The number of aromatic nitrogens is 1. The summed E-state index contributed by atoms with van der Waals surface area (Å²) in [4.78, 5) is 17.0. The number of nitrogens with two attached hydrogens (primary N) is 1. The lowest BCUT2D eigenvalue weighted by atomic mass is 10.1. The van der Waals surface area contributed by atoms with Gasteiger partial charge in [0.25, 0.3) is 0 Å². The van der Waals surface area contributed by atoms with Gasteiger partial charge in [-0.3, -0.25) is 4.79 Å². The first-order valence-electron chi connectivity index (χ1n) is 6.90. The Labute approximate surface area is 126 Å². The Bertz CT molecular complexity index is 974. The maximum Gasteiger partial charge on any atom is 0.199 e. The van der Waals surface area contributed by atoms with E-state index >= 15 is 0 Å². The summed E-state index contributed by atoms with van der Waals surface area (Å²) in [6.45, 7) is 0. The Hall–Kier alpha value is -3.14. The van der Waals surface area contributed by atoms with E-state index in [2.05, 4.69) is 4.98 Å². The van der Waals surface area contributed by atoms with Gasteiger partial charge in [-0.05, 0) is 12.1 Å². The van der Waals surface area contributed by atoms with Crippen molar-refractivity contribution in [1.82, 2.24) is 4.98 Å². The number of rotatable bonds is 1. The number of aliphatic hydroxyl groups excluding tert-OH is 1. The molecular formula is C18H12N2O2. The normalized spacial score (nSPS) is 13.7. The first-order chi connectivity index (χ1) is 10.7. The summed E-state index contributed by atoms with van der Waals surface area (Å²) < 4.78 is 0. The predicted octanol–water partition coefficient (Wildman–Crippen LogP) is 3.44. The number of allylic oxidation sites excluding steroid dienone is 1. The summed E-state index contributed by atoms with van der Waals surface area (Å²) in [5, 5.41) is 11.3. The molecule has 1 aromatic heterocycles. The summed E-state index contributed by atoms with van der Waals surface area (Å²) in [5.41, 5.74) is 8.83. The minimum Gasteiger partial charge on any atom is -0.506 e. The van der Waals surface area contributed by atoms with Gasteiger partial charge in [0.15, 0.2) is 5.78 Å². The lowest BCUT2D eigenvalue weighted by molar-refractivity contribution is 0.105. The Morgan fingerprint density at radius 3 is 2.45 bits per heavy atom. The van der Waals surface area contributed by atoms with Crippen LogP contribution >= 0.6 is 0 Å². The number of pyridine rings is 1. The van der Waals surface area contributed by atoms with Crippen molar-refractivity contribution in [1.29, 1.82) is 0 Å². The minimum absolute atomic E-state index is 0.0260. The van der Waals surface area contributed by atoms with Crippen LogP contribution in [0.1, 0.15) is 21.6 Å². The first kappa shape index (κ1) is 12.6. The average molecular weight is 288 g/mol. The second-order valence-electron chi connectivity index (χ2n) is 5.21. The van der Waals surface area contributed by atoms with Crippen LogP contribution in [0.25, 0.3) is 22.2 Å². The molecule has 0 saturated heterocycles. The molecule has 3 aromatic rings. The molecule has 0 unspecified atom stereocenters. The van der Waals surface area contributed by atoms with Crippen LogP contribution in [0, 0.1) is 0 Å². The molecule has 1 aliphatic carbocycles. The number of ketones is 1. The lowest BCUT2D eigenvalue weighted by Gasteiger charge is -2.05. The fourth-order valence-corrected chi connectivity index (χ4v) is 2.81. The largest absolute Gasteiger partial charge is 0.506 e. The number of fused-ring (bicyclic) bond motifs is 2. The zero-order valence-electron chi connectivity index (χ0n) is 11.6. The third kappa shape index (κ3) is 1.64. The molecule has 0 atom stereocenters. The first-order valence-corrected chi connectivity index (χ1v) is 6.90. The molecule has 4 nitrogen and oxygen atoms in total. The quantitative estimate of drug-likeness (QED) is 0.672. The third-order valence-electron chi connectivity index (χ3n) is 3.90. The zero-order valence-corrected chi connectivity index (χ0v) is 11.6. The van der Waals surface area contributed by atoms with Crippen molar-refractivity contribution in [3.8, 4) is 0 Å². The Kier molecular flexibility index (Phi) is 2.53. The highest BCUT2D eigenvalue weighted by Crippen LogP contribution is 2.36. The SMILES string of the molecule is Nc1cccc2ccc(C3=C(O)c4ccccc4C3=O)nc12. The molecule has 4 heteroatoms. The van der Waals surface area contributed by atoms with E-state index in [4.69, 9.17) is 5.73 Å². The van der Waals surface area contributed by atoms with E-state index in [1.54, 1.807) is 36.4 Å². The highest BCUT2D eigenvalue weighted by molar-refractivity contribution is 6.38. The molecule has 1 aliphatic rings. The molecule has 0 amide bonds. The van der Waals surface area contributed by atoms with Gasteiger partial charge in [0, 0.05) is 16.5 Å². The molecular weight excluding hydrogens is 276 g/mol. The molecule has 22 heavy (non-hydrogen) atoms. The monoisotopic (exact) mass is 288 g/mol. The topological polar surface area (TPSA) is 76.2 Å². The number of aliphatic hydroxyl groups is 1. The van der Waals surface area contributed by atoms with Crippen molar-refractivity contribution < 1.29 is 9.90 Å². The van der Waals surface area contributed by atoms with Crippen molar-refractivity contribution in [3.05, 3.63) is 71.4 Å². The van der Waals surface area contributed by atoms with Gasteiger partial charge in [0.2, 0.25) is 0 Å². The Morgan fingerprint density at radius 1 is 0.909 bits per heavy atom. The fourth-order valence-electron chi connectivity index (χ4n) is 2.81. The Balaban J connectivity index is 1.95. The van der Waals surface area contributed by atoms with Gasteiger partial charge < -0.3 is 10.8 Å². The molecule has 0 bridgehead atoms. The van der Waals surface area contributed by atoms with Crippen molar-refractivity contribution in [2.24, 2.45) is 0 Å². The van der Waals surface area contributed by atoms with Crippen LogP contribution in [0.3, 0.4) is 0 Å². The molecule has 0 fully saturated rings. The van der Waals surface area contributed by atoms with Gasteiger partial charge in [0.05, 0.1) is 22.5 Å². The second-order valence-corrected chi connectivity index (χ2v) is 5.21. The van der Waals surface area contributed by atoms with Gasteiger partial charge in [-0.1, -0.05) is 42.5 Å². The summed E-state index contributed by atoms with van der Waals surface area (Å²) in [6, 6.07) is 16.1. The molecule has 1 heterocycles. The highest BCUT2D eigenvalue weighted by Gasteiger charge is 2.31. The van der Waals surface area contributed by atoms with Crippen LogP contribution in [0.4, 0.5) is 5.69 Å². The van der Waals surface area contributed by atoms with Crippen LogP contribution < -0.4 is 5.73 Å². The third-order valence-corrected chi connectivity index (χ3v) is 3.90. The van der Waals surface area contributed by atoms with Gasteiger partial charge >= 0.3 is 0 Å². The number of Topliss-reactive ketones (excluding diaryl/α,β-unsaturated/α-hetero) is 1. The summed E-state index contributed by atoms with van der Waals surface area (Å²) >= 11 is 0. The summed E-state index contributed by atoms with van der Waals surface area (Å²) in [7, 11) is 0. The molecule has 3 N–H and O–H groups in total. The van der Waals surface area contributed by atoms with E-state index < -0.39 is 0 Å². The van der Waals surface area contributed by atoms with E-state index in [1.165, 1.54) is 0 Å². The maximum atomic E-state index is 12.5. The number of para-hydroxylation sites is 1. The van der Waals surface area contributed by atoms with Crippen LogP contribution in [-0.2, 0) is 0 Å². The van der Waals surface area contributed by atoms with Crippen LogP contribution in [0.5, 0.6) is 0 Å². The van der Waals surface area contributed by atoms with Gasteiger partial charge in [-0.2, -0.15) is 0 Å². The number of carbonyl (C=O) groups excluding carboxylic acids is 1. The molecule has 4 rings (SSSR count). The van der Waals surface area contributed by atoms with Gasteiger partial charge in [-0.15, -0.1) is 0 Å². The number of carbonyl (C=O) groups is 1. The van der Waals surface area contributed by atoms with E-state index in [0.717, 1.165) is 5.39 Å². The summed E-state index contributed by atoms with van der Waals surface area (Å²) in [6.07, 6.45) is 0. The van der Waals surface area contributed by atoms with Crippen LogP contribution in [0.2, 0.25) is 0 Å². The van der Waals surface area contributed by atoms with Crippen LogP contribution in [-0.4, -0.2) is 15.9 Å². The molecule has 0 saturated carbocycles. The van der Waals surface area contributed by atoms with Crippen molar-refractivity contribution >= 4 is 33.7 Å². The fraction of sp³-hybridized carbons (Fsp3) is 0. The standard InChI is InChI=1S/C18H12N2O2/c19-13-7-3-4-10-8-9-14(20-16(10)13)15-17(21)11-5-1-2-6-12(11)18(15)22/h1-9,21H,19H2. The average Bonchev–Trinajstić information content (AvgIpc) is 2.80. The number of hydrogen-bond donors (Lipinski definition) is 2. The molecule has 0 spiro atoms. The smallest absolute Gasteiger partial charge is 0.199 e. The number of benzene rings is 2. The number of anilines is 1. The molecule has 0 aliphatic heterocycles. The number of nitrogens with zero attached hydrogens (tertiary/aromatic N) is 1. The van der Waals surface area contributed by atoms with Gasteiger partial charge in [-0.25, -0.2) is 4.98 Å². The zero-order chi connectivity index (χ0) is 15.3. The summed E-state index contributed by atoms with van der Waals surface area (Å²) in [5.74, 6) is -0.239. The van der Waals surface area contributed by atoms with E-state index in [9.17, 15) is 9.90 Å². The van der Waals surface area contributed by atoms with Gasteiger partial charge in [0.1, 0.15) is 5.76 Å². The van der Waals surface area contributed by atoms with E-state index in [-0.39, 0.29) is 17.1 Å². The molecule has 0 radical (unpaired) electrons.